The van der Waals surface area contributed by atoms with E-state index >= 15 is 0 Å². The van der Waals surface area contributed by atoms with Gasteiger partial charge in [0.1, 0.15) is 5.75 Å². The standard InChI is InChI=1S/C26H36F2N2O6S/c1-17(2)15-29(37(34,35)20-11-12-21(27)22(28)14-20)16-24(31)23(30(25(32)33)26(3,4)5)13-18-7-9-19(36-6)10-8-18/h7-12,14,17,23-24,31H,13,15-16H2,1-6H3,(H,32,33)/t23-,24+/m0/s1/i6D2,7D,8D,9D,10D,13D2,16D2,23D,24D. The predicted octanol–water partition coefficient (Wildman–Crippen LogP) is 4.37. The van der Waals surface area contributed by atoms with Crippen molar-refractivity contribution in [2.45, 2.75) is 63.5 Å². The molecule has 0 radical (unpaired) electrons. The summed E-state index contributed by atoms with van der Waals surface area (Å²) in [7, 11) is -7.67. The molecule has 0 aliphatic heterocycles. The van der Waals surface area contributed by atoms with E-state index in [1.807, 2.05) is 0 Å². The lowest BCUT2D eigenvalue weighted by Crippen LogP contribution is -2.58. The van der Waals surface area contributed by atoms with Crippen LogP contribution in [0.1, 0.15) is 56.6 Å². The van der Waals surface area contributed by atoms with Crippen LogP contribution in [-0.4, -0.2) is 71.7 Å². The van der Waals surface area contributed by atoms with Crippen molar-refractivity contribution in [3.05, 3.63) is 59.6 Å². The van der Waals surface area contributed by atoms with Crippen LogP contribution in [-0.2, 0) is 16.4 Å². The van der Waals surface area contributed by atoms with E-state index < -0.39 is 118 Å². The Labute approximate surface area is 234 Å². The van der Waals surface area contributed by atoms with E-state index in [-0.39, 0.29) is 15.3 Å². The van der Waals surface area contributed by atoms with Crippen LogP contribution in [0.15, 0.2) is 47.3 Å². The number of carboxylic acid groups (broad SMARTS) is 1. The second kappa shape index (κ2) is 12.2. The highest BCUT2D eigenvalue weighted by molar-refractivity contribution is 7.89. The van der Waals surface area contributed by atoms with Gasteiger partial charge in [-0.25, -0.2) is 22.0 Å². The first-order chi connectivity index (χ1) is 21.8. The molecule has 2 rings (SSSR count). The topological polar surface area (TPSA) is 107 Å². The van der Waals surface area contributed by atoms with E-state index in [1.165, 1.54) is 13.8 Å². The molecule has 8 nitrogen and oxygen atoms in total. The molecule has 0 heterocycles. The van der Waals surface area contributed by atoms with Gasteiger partial charge in [0.25, 0.3) is 0 Å². The van der Waals surface area contributed by atoms with Gasteiger partial charge < -0.3 is 14.9 Å². The van der Waals surface area contributed by atoms with E-state index in [0.717, 1.165) is 20.8 Å². The third-order valence-electron chi connectivity index (χ3n) is 4.51. The molecule has 2 atom stereocenters. The van der Waals surface area contributed by atoms with Crippen molar-refractivity contribution in [1.29, 1.82) is 0 Å². The molecular formula is C26H36F2N2O6S. The van der Waals surface area contributed by atoms with Crippen LogP contribution in [0.2, 0.25) is 0 Å². The monoisotopic (exact) mass is 554 g/mol. The fraction of sp³-hybridized carbons (Fsp3) is 0.500. The third-order valence-corrected chi connectivity index (χ3v) is 6.18. The van der Waals surface area contributed by atoms with Crippen molar-refractivity contribution in [2.24, 2.45) is 5.92 Å². The summed E-state index contributed by atoms with van der Waals surface area (Å²) in [4.78, 5) is 11.5. The minimum atomic E-state index is -5.46. The first-order valence-corrected chi connectivity index (χ1v) is 12.1. The van der Waals surface area contributed by atoms with E-state index in [2.05, 4.69) is 0 Å². The van der Waals surface area contributed by atoms with Gasteiger partial charge >= 0.3 is 6.09 Å². The highest BCUT2D eigenvalue weighted by atomic mass is 32.2. The van der Waals surface area contributed by atoms with E-state index in [9.17, 15) is 33.6 Å². The van der Waals surface area contributed by atoms with Gasteiger partial charge in [-0.1, -0.05) is 25.9 Å². The molecule has 0 saturated carbocycles. The molecule has 11 heteroatoms. The Morgan fingerprint density at radius 3 is 2.32 bits per heavy atom. The van der Waals surface area contributed by atoms with Crippen LogP contribution in [0.25, 0.3) is 0 Å². The fourth-order valence-electron chi connectivity index (χ4n) is 2.95. The number of halogens is 2. The molecule has 0 spiro atoms. The molecule has 2 aromatic carbocycles. The number of methoxy groups -OCH3 is 1. The molecule has 206 valence electrons. The summed E-state index contributed by atoms with van der Waals surface area (Å²) in [5.41, 5.74) is -3.58. The molecule has 0 fully saturated rings. The summed E-state index contributed by atoms with van der Waals surface area (Å²) in [6, 6.07) is -8.56. The van der Waals surface area contributed by atoms with Gasteiger partial charge in [-0.05, 0) is 68.9 Å². The van der Waals surface area contributed by atoms with Gasteiger partial charge in [-0.2, -0.15) is 4.31 Å². The maximum absolute atomic E-state index is 14.2. The highest BCUT2D eigenvalue weighted by Crippen LogP contribution is 2.26. The zero-order valence-electron chi connectivity index (χ0n) is 32.7. The van der Waals surface area contributed by atoms with Crippen molar-refractivity contribution < 1.29 is 53.4 Å². The zero-order chi connectivity index (χ0) is 38.6. The smallest absolute Gasteiger partial charge is 0.408 e. The van der Waals surface area contributed by atoms with Gasteiger partial charge in [0.2, 0.25) is 10.0 Å². The van der Waals surface area contributed by atoms with Gasteiger partial charge in [0.05, 0.1) is 35.0 Å². The number of carbonyl (C=O) groups is 1. The van der Waals surface area contributed by atoms with E-state index in [0.29, 0.717) is 12.1 Å². The van der Waals surface area contributed by atoms with E-state index in [1.54, 1.807) is 0 Å². The largest absolute Gasteiger partial charge is 0.497 e. The van der Waals surface area contributed by atoms with Crippen molar-refractivity contribution in [3.8, 4) is 5.75 Å². The van der Waals surface area contributed by atoms with Crippen molar-refractivity contribution in [3.63, 3.8) is 0 Å². The van der Waals surface area contributed by atoms with Crippen LogP contribution < -0.4 is 4.74 Å². The Morgan fingerprint density at radius 2 is 1.84 bits per heavy atom. The van der Waals surface area contributed by atoms with Gasteiger partial charge in [0, 0.05) is 24.1 Å². The minimum Gasteiger partial charge on any atom is -0.497 e. The first-order valence-electron chi connectivity index (χ1n) is 16.9. The number of sulfonamides is 1. The second-order valence-electron chi connectivity index (χ2n) is 9.05. The molecule has 0 saturated heterocycles. The summed E-state index contributed by atoms with van der Waals surface area (Å²) >= 11 is 0. The third kappa shape index (κ3) is 7.86. The lowest BCUT2D eigenvalue weighted by atomic mass is 9.94. The highest BCUT2D eigenvalue weighted by Gasteiger charge is 2.39. The molecule has 37 heavy (non-hydrogen) atoms. The molecule has 1 amide bonds. The van der Waals surface area contributed by atoms with Crippen LogP contribution in [0.5, 0.6) is 5.75 Å². The Balaban J connectivity index is 3.20. The lowest BCUT2D eigenvalue weighted by molar-refractivity contribution is 0.000533. The number of benzene rings is 2. The predicted molar refractivity (Wildman–Crippen MR) is 136 cm³/mol. The Kier molecular flexibility index (Phi) is 5.58. The number of amides is 1. The summed E-state index contributed by atoms with van der Waals surface area (Å²) < 4.78 is 162. The quantitative estimate of drug-likeness (QED) is 0.427. The Morgan fingerprint density at radius 1 is 1.22 bits per heavy atom. The molecule has 0 aromatic heterocycles. The maximum Gasteiger partial charge on any atom is 0.408 e. The van der Waals surface area contributed by atoms with Crippen molar-refractivity contribution in [2.75, 3.05) is 20.1 Å². The number of ether oxygens (including phenoxy) is 1. The molecule has 0 bridgehead atoms. The SMILES string of the molecule is [2H]c1c([2H])c(C([2H])([2H])[C@]([2H])(N(C(=O)O)C(C)(C)C)[C@]([2H])(O)C([2H])([2H])N(CC(C)C)S(=O)(=O)c2ccc(F)c(F)c2)c([2H])c([2H])c1OC([2H])[2H]. The maximum atomic E-state index is 14.2. The second-order valence-corrected chi connectivity index (χ2v) is 10.9. The molecule has 2 N–H and O–H groups in total. The molecule has 2 aromatic rings. The summed E-state index contributed by atoms with van der Waals surface area (Å²) in [6.07, 6.45) is -11.1. The molecule has 0 aliphatic carbocycles. The molecule has 0 unspecified atom stereocenters. The number of hydrogen-bond donors (Lipinski definition) is 2. The van der Waals surface area contributed by atoms with Crippen LogP contribution >= 0.6 is 0 Å². The number of aliphatic hydroxyl groups is 1. The average Bonchev–Trinajstić information content (AvgIpc) is 2.92. The van der Waals surface area contributed by atoms with Crippen LogP contribution in [0.3, 0.4) is 0 Å². The van der Waals surface area contributed by atoms with Crippen LogP contribution in [0, 0.1) is 17.6 Å². The van der Waals surface area contributed by atoms with Crippen molar-refractivity contribution >= 4 is 16.1 Å². The Hall–Kier alpha value is -2.76. The normalized spacial score (nSPS) is 21.3. The zero-order valence-corrected chi connectivity index (χ0v) is 21.5. The lowest BCUT2D eigenvalue weighted by Gasteiger charge is -2.42. The molecular weight excluding hydrogens is 506 g/mol. The van der Waals surface area contributed by atoms with Crippen LogP contribution in [0.4, 0.5) is 13.6 Å². The van der Waals surface area contributed by atoms with E-state index in [4.69, 9.17) is 19.8 Å². The van der Waals surface area contributed by atoms with Gasteiger partial charge in [0.15, 0.2) is 11.6 Å². The number of rotatable bonds is 11. The first kappa shape index (κ1) is 17.0. The summed E-state index contributed by atoms with van der Waals surface area (Å²) in [5.74, 6) is -5.10. The van der Waals surface area contributed by atoms with Gasteiger partial charge in [-0.3, -0.25) is 4.90 Å². The molecule has 0 aliphatic rings. The number of nitrogens with zero attached hydrogens (tertiary/aromatic N) is 2. The Bertz CT molecular complexity index is 1680. The fourth-order valence-corrected chi connectivity index (χ4v) is 4.40. The number of hydrogen-bond acceptors (Lipinski definition) is 5. The summed E-state index contributed by atoms with van der Waals surface area (Å²) in [5, 5.41) is 22.3. The summed E-state index contributed by atoms with van der Waals surface area (Å²) in [6.45, 7) is 0.515. The minimum absolute atomic E-state index is 0.162. The van der Waals surface area contributed by atoms with Gasteiger partial charge in [-0.15, -0.1) is 0 Å². The van der Waals surface area contributed by atoms with Crippen molar-refractivity contribution in [1.82, 2.24) is 9.21 Å². The average molecular weight is 555 g/mol.